The summed E-state index contributed by atoms with van der Waals surface area (Å²) in [4.78, 5) is 12.7. The van der Waals surface area contributed by atoms with Crippen molar-refractivity contribution in [2.24, 2.45) is 5.92 Å². The van der Waals surface area contributed by atoms with Gasteiger partial charge in [0.1, 0.15) is 5.75 Å². The molecule has 7 nitrogen and oxygen atoms in total. The molecule has 1 amide bonds. The number of hydrogen-bond donors (Lipinski definition) is 2. The Morgan fingerprint density at radius 3 is 2.18 bits per heavy atom. The van der Waals surface area contributed by atoms with Crippen LogP contribution in [0.25, 0.3) is 0 Å². The van der Waals surface area contributed by atoms with Crippen LogP contribution in [0.4, 0.5) is 0 Å². The number of ether oxygens (including phenoxy) is 1. The molecule has 0 spiro atoms. The van der Waals surface area contributed by atoms with Gasteiger partial charge in [0.05, 0.1) is 12.0 Å². The summed E-state index contributed by atoms with van der Waals surface area (Å²) >= 11 is 0. The normalized spacial score (nSPS) is 26.2. The summed E-state index contributed by atoms with van der Waals surface area (Å²) in [5.41, 5.74) is 0.624. The zero-order valence-corrected chi connectivity index (χ0v) is 21.4. The van der Waals surface area contributed by atoms with Crippen molar-refractivity contribution >= 4 is 15.9 Å². The lowest BCUT2D eigenvalue weighted by molar-refractivity contribution is -0.122. The molecular formula is C25H41N3O4S. The summed E-state index contributed by atoms with van der Waals surface area (Å²) in [6, 6.07) is 6.30. The fraction of sp³-hybridized carbons (Fsp3) is 0.720. The molecule has 0 radical (unpaired) electrons. The topological polar surface area (TPSA) is 87.7 Å². The molecule has 0 saturated heterocycles. The molecule has 0 unspecified atom stereocenters. The lowest BCUT2D eigenvalue weighted by Gasteiger charge is -2.35. The first-order valence-electron chi connectivity index (χ1n) is 12.4. The Kier molecular flexibility index (Phi) is 9.18. The van der Waals surface area contributed by atoms with Gasteiger partial charge in [-0.1, -0.05) is 6.92 Å². The number of carbonyl (C=O) groups is 1. The Bertz CT molecular complexity index is 889. The molecule has 2 fully saturated rings. The van der Waals surface area contributed by atoms with E-state index in [1.807, 2.05) is 0 Å². The molecule has 186 valence electrons. The molecule has 0 aliphatic heterocycles. The minimum Gasteiger partial charge on any atom is -0.497 e. The molecule has 2 aliphatic carbocycles. The van der Waals surface area contributed by atoms with Crippen molar-refractivity contribution in [1.29, 1.82) is 0 Å². The molecule has 33 heavy (non-hydrogen) atoms. The maximum Gasteiger partial charge on any atom is 0.243 e. The summed E-state index contributed by atoms with van der Waals surface area (Å²) < 4.78 is 32.3. The van der Waals surface area contributed by atoms with Gasteiger partial charge in [0.15, 0.2) is 0 Å². The average Bonchev–Trinajstić information content (AvgIpc) is 2.80. The molecule has 0 aromatic heterocycles. The van der Waals surface area contributed by atoms with Crippen molar-refractivity contribution in [3.05, 3.63) is 23.8 Å². The van der Waals surface area contributed by atoms with Gasteiger partial charge in [0.25, 0.3) is 0 Å². The number of carbonyl (C=O) groups excluding carboxylic acids is 1. The smallest absolute Gasteiger partial charge is 0.243 e. The van der Waals surface area contributed by atoms with Crippen molar-refractivity contribution in [3.8, 4) is 5.75 Å². The molecule has 0 atom stereocenters. The Morgan fingerprint density at radius 1 is 1.03 bits per heavy atom. The number of benzene rings is 1. The van der Waals surface area contributed by atoms with E-state index in [0.29, 0.717) is 23.4 Å². The van der Waals surface area contributed by atoms with E-state index in [-0.39, 0.29) is 29.8 Å². The van der Waals surface area contributed by atoms with Gasteiger partial charge < -0.3 is 15.4 Å². The van der Waals surface area contributed by atoms with Gasteiger partial charge >= 0.3 is 0 Å². The monoisotopic (exact) mass is 479 g/mol. The van der Waals surface area contributed by atoms with E-state index < -0.39 is 10.0 Å². The van der Waals surface area contributed by atoms with E-state index >= 15 is 0 Å². The van der Waals surface area contributed by atoms with E-state index in [1.54, 1.807) is 32.2 Å². The van der Waals surface area contributed by atoms with E-state index in [0.717, 1.165) is 31.6 Å². The predicted molar refractivity (Wildman–Crippen MR) is 131 cm³/mol. The third kappa shape index (κ3) is 7.17. The highest BCUT2D eigenvalue weighted by atomic mass is 32.2. The zero-order chi connectivity index (χ0) is 24.0. The van der Waals surface area contributed by atoms with Crippen LogP contribution in [0.3, 0.4) is 0 Å². The third-order valence-electron chi connectivity index (χ3n) is 7.30. The minimum atomic E-state index is -3.66. The Morgan fingerprint density at radius 2 is 1.61 bits per heavy atom. The van der Waals surface area contributed by atoms with Gasteiger partial charge in [0, 0.05) is 38.1 Å². The second-order valence-electron chi connectivity index (χ2n) is 9.95. The second kappa shape index (κ2) is 11.7. The minimum absolute atomic E-state index is 0.0822. The van der Waals surface area contributed by atoms with E-state index in [4.69, 9.17) is 4.74 Å². The number of amides is 1. The first kappa shape index (κ1) is 26.0. The predicted octanol–water partition coefficient (Wildman–Crippen LogP) is 3.61. The van der Waals surface area contributed by atoms with Crippen molar-refractivity contribution in [2.45, 2.75) is 94.7 Å². The number of hydrogen-bond acceptors (Lipinski definition) is 5. The molecule has 2 aliphatic rings. The first-order chi connectivity index (χ1) is 15.7. The van der Waals surface area contributed by atoms with Crippen molar-refractivity contribution in [1.82, 2.24) is 14.9 Å². The standard InChI is InChI=1S/C25H41N3O4S/c1-18-5-7-20(8-6-18)26-21-9-11-22(12-10-21)27-25(29)15-16-28(3)33(30,31)24-14-13-23(32-4)17-19(24)2/h13-14,17-18,20-22,26H,5-12,15-16H2,1-4H3,(H,27,29). The highest BCUT2D eigenvalue weighted by molar-refractivity contribution is 7.89. The van der Waals surface area contributed by atoms with Crippen LogP contribution >= 0.6 is 0 Å². The number of sulfonamides is 1. The SMILES string of the molecule is COc1ccc(S(=O)(=O)N(C)CCC(=O)NC2CCC(NC3CCC(C)CC3)CC2)c(C)c1. The maximum absolute atomic E-state index is 12.9. The number of nitrogens with one attached hydrogen (secondary N) is 2. The molecule has 2 saturated carbocycles. The van der Waals surface area contributed by atoms with Gasteiger partial charge in [0.2, 0.25) is 15.9 Å². The molecule has 8 heteroatoms. The molecule has 0 heterocycles. The van der Waals surface area contributed by atoms with Gasteiger partial charge in [-0.2, -0.15) is 0 Å². The third-order valence-corrected chi connectivity index (χ3v) is 9.32. The highest BCUT2D eigenvalue weighted by Crippen LogP contribution is 2.27. The van der Waals surface area contributed by atoms with Crippen LogP contribution in [0.2, 0.25) is 0 Å². The maximum atomic E-state index is 12.9. The Balaban J connectivity index is 1.40. The first-order valence-corrected chi connectivity index (χ1v) is 13.8. The molecule has 0 bridgehead atoms. The highest BCUT2D eigenvalue weighted by Gasteiger charge is 2.27. The number of rotatable bonds is 9. The van der Waals surface area contributed by atoms with Crippen LogP contribution in [0, 0.1) is 12.8 Å². The zero-order valence-electron chi connectivity index (χ0n) is 20.6. The summed E-state index contributed by atoms with van der Waals surface area (Å²) in [6.07, 6.45) is 9.50. The van der Waals surface area contributed by atoms with Crippen molar-refractivity contribution < 1.29 is 17.9 Å². The molecule has 1 aromatic carbocycles. The van der Waals surface area contributed by atoms with Crippen LogP contribution < -0.4 is 15.4 Å². The summed E-state index contributed by atoms with van der Waals surface area (Å²) in [6.45, 7) is 4.24. The molecule has 1 aromatic rings. The Labute approximate surface area is 199 Å². The van der Waals surface area contributed by atoms with Gasteiger partial charge in [-0.3, -0.25) is 4.79 Å². The van der Waals surface area contributed by atoms with Crippen LogP contribution in [0.5, 0.6) is 5.75 Å². The molecule has 3 rings (SSSR count). The van der Waals surface area contributed by atoms with Crippen molar-refractivity contribution in [2.75, 3.05) is 20.7 Å². The molecule has 2 N–H and O–H groups in total. The second-order valence-corrected chi connectivity index (χ2v) is 12.0. The van der Waals surface area contributed by atoms with Gasteiger partial charge in [-0.25, -0.2) is 12.7 Å². The Hall–Kier alpha value is -1.64. The fourth-order valence-electron chi connectivity index (χ4n) is 5.05. The number of nitrogens with zero attached hydrogens (tertiary/aromatic N) is 1. The number of methoxy groups -OCH3 is 1. The van der Waals surface area contributed by atoms with Crippen LogP contribution in [0.1, 0.15) is 70.3 Å². The van der Waals surface area contributed by atoms with E-state index in [2.05, 4.69) is 17.6 Å². The van der Waals surface area contributed by atoms with Gasteiger partial charge in [-0.15, -0.1) is 0 Å². The largest absolute Gasteiger partial charge is 0.497 e. The van der Waals surface area contributed by atoms with Gasteiger partial charge in [-0.05, 0) is 88.0 Å². The van der Waals surface area contributed by atoms with Crippen molar-refractivity contribution in [3.63, 3.8) is 0 Å². The van der Waals surface area contributed by atoms with Crippen LogP contribution in [0.15, 0.2) is 23.1 Å². The number of aryl methyl sites for hydroxylation is 1. The van der Waals surface area contributed by atoms with E-state index in [9.17, 15) is 13.2 Å². The summed E-state index contributed by atoms with van der Waals surface area (Å²) in [5, 5.41) is 6.96. The quantitative estimate of drug-likeness (QED) is 0.565. The van der Waals surface area contributed by atoms with E-state index in [1.165, 1.54) is 37.0 Å². The summed E-state index contributed by atoms with van der Waals surface area (Å²) in [7, 11) is -0.586. The van der Waals surface area contributed by atoms with Crippen LogP contribution in [-0.2, 0) is 14.8 Å². The lowest BCUT2D eigenvalue weighted by Crippen LogP contribution is -2.46. The lowest BCUT2D eigenvalue weighted by atomic mass is 9.85. The summed E-state index contributed by atoms with van der Waals surface area (Å²) in [5.74, 6) is 1.40. The van der Waals surface area contributed by atoms with Crippen LogP contribution in [-0.4, -0.2) is 57.5 Å². The fourth-order valence-corrected chi connectivity index (χ4v) is 6.42. The average molecular weight is 480 g/mol. The molecular weight excluding hydrogens is 438 g/mol.